The first kappa shape index (κ1) is 14.3. The van der Waals surface area contributed by atoms with Gasteiger partial charge >= 0.3 is 0 Å². The van der Waals surface area contributed by atoms with Crippen molar-refractivity contribution < 1.29 is 9.69 Å². The number of quaternary nitrogens is 1. The first-order valence-electron chi connectivity index (χ1n) is 6.67. The van der Waals surface area contributed by atoms with Gasteiger partial charge in [-0.25, -0.2) is 0 Å². The minimum Gasteiger partial charge on any atom is -0.410 e. The van der Waals surface area contributed by atoms with Crippen molar-refractivity contribution in [3.05, 3.63) is 71.3 Å². The van der Waals surface area contributed by atoms with E-state index in [-0.39, 0.29) is 0 Å². The predicted octanol–water partition coefficient (Wildman–Crippen LogP) is 3.12. The van der Waals surface area contributed by atoms with Crippen molar-refractivity contribution in [2.45, 2.75) is 6.54 Å². The lowest BCUT2D eigenvalue weighted by Crippen LogP contribution is -2.34. The molecule has 0 aliphatic heterocycles. The Kier molecular flexibility index (Phi) is 4.20. The molecule has 0 aliphatic carbocycles. The fourth-order valence-electron chi connectivity index (χ4n) is 2.26. The lowest BCUT2D eigenvalue weighted by Gasteiger charge is -2.25. The molecule has 20 heavy (non-hydrogen) atoms. The number of hydrogen-bond acceptors (Lipinski definition) is 2. The Balaban J connectivity index is 2.46. The zero-order chi connectivity index (χ0) is 14.6. The van der Waals surface area contributed by atoms with Gasteiger partial charge in [0.2, 0.25) is 0 Å². The lowest BCUT2D eigenvalue weighted by atomic mass is 9.97. The van der Waals surface area contributed by atoms with Gasteiger partial charge in [-0.1, -0.05) is 59.8 Å². The van der Waals surface area contributed by atoms with Gasteiger partial charge in [0.1, 0.15) is 12.3 Å². The van der Waals surface area contributed by atoms with Gasteiger partial charge in [0, 0.05) is 16.7 Å². The summed E-state index contributed by atoms with van der Waals surface area (Å²) in [5, 5.41) is 13.0. The molecule has 0 fully saturated rings. The number of benzene rings is 2. The maximum absolute atomic E-state index is 9.44. The molecule has 2 aromatic rings. The molecule has 0 spiro atoms. The molecule has 0 heterocycles. The smallest absolute Gasteiger partial charge is 0.117 e. The number of nitrogens with zero attached hydrogens (tertiary/aromatic N) is 2. The SMILES string of the molecule is C[N+](C)(C)Cc1ccccc1/C(=N/O)c1ccccc1. The lowest BCUT2D eigenvalue weighted by molar-refractivity contribution is -0.884. The van der Waals surface area contributed by atoms with Gasteiger partial charge in [-0.3, -0.25) is 0 Å². The summed E-state index contributed by atoms with van der Waals surface area (Å²) in [7, 11) is 6.44. The Morgan fingerprint density at radius 1 is 0.950 bits per heavy atom. The van der Waals surface area contributed by atoms with Crippen LogP contribution >= 0.6 is 0 Å². The second-order valence-corrected chi connectivity index (χ2v) is 5.92. The molecule has 1 N–H and O–H groups in total. The summed E-state index contributed by atoms with van der Waals surface area (Å²) < 4.78 is 0.824. The fraction of sp³-hybridized carbons (Fsp3) is 0.235. The van der Waals surface area contributed by atoms with E-state index in [4.69, 9.17) is 0 Å². The standard InChI is InChI=1S/C17H20N2O/c1-19(2,3)13-15-11-7-8-12-16(15)17(18-20)14-9-5-4-6-10-14/h4-12H,13H2,1-3H3/p+1/b18-17+. The van der Waals surface area contributed by atoms with E-state index < -0.39 is 0 Å². The topological polar surface area (TPSA) is 32.6 Å². The molecule has 0 unspecified atom stereocenters. The van der Waals surface area contributed by atoms with Crippen LogP contribution in [0.1, 0.15) is 16.7 Å². The minimum atomic E-state index is 0.620. The first-order chi connectivity index (χ1) is 9.51. The van der Waals surface area contributed by atoms with Gasteiger partial charge in [0.25, 0.3) is 0 Å². The predicted molar refractivity (Wildman–Crippen MR) is 82.0 cm³/mol. The van der Waals surface area contributed by atoms with Crippen LogP contribution in [-0.2, 0) is 6.54 Å². The van der Waals surface area contributed by atoms with Crippen molar-refractivity contribution in [3.8, 4) is 0 Å². The number of oxime groups is 1. The van der Waals surface area contributed by atoms with Crippen molar-refractivity contribution in [1.82, 2.24) is 0 Å². The maximum atomic E-state index is 9.44. The van der Waals surface area contributed by atoms with Crippen LogP contribution in [0, 0.1) is 0 Å². The van der Waals surface area contributed by atoms with E-state index in [1.54, 1.807) is 0 Å². The molecule has 3 heteroatoms. The molecule has 2 rings (SSSR count). The van der Waals surface area contributed by atoms with Crippen LogP contribution in [0.5, 0.6) is 0 Å². The average Bonchev–Trinajstić information content (AvgIpc) is 2.41. The molecule has 0 aromatic heterocycles. The van der Waals surface area contributed by atoms with Crippen LogP contribution in [0.15, 0.2) is 59.8 Å². The molecule has 104 valence electrons. The Hall–Kier alpha value is -2.13. The normalized spacial score (nSPS) is 12.4. The van der Waals surface area contributed by atoms with Crippen LogP contribution in [0.2, 0.25) is 0 Å². The van der Waals surface area contributed by atoms with Crippen LogP contribution in [-0.4, -0.2) is 36.5 Å². The van der Waals surface area contributed by atoms with Crippen LogP contribution in [0.3, 0.4) is 0 Å². The number of hydrogen-bond donors (Lipinski definition) is 1. The molecule has 3 nitrogen and oxygen atoms in total. The zero-order valence-electron chi connectivity index (χ0n) is 12.2. The van der Waals surface area contributed by atoms with Gasteiger partial charge in [0.05, 0.1) is 21.1 Å². The summed E-state index contributed by atoms with van der Waals surface area (Å²) in [6.07, 6.45) is 0. The summed E-state index contributed by atoms with van der Waals surface area (Å²) in [5.74, 6) is 0. The summed E-state index contributed by atoms with van der Waals surface area (Å²) in [4.78, 5) is 0. The van der Waals surface area contributed by atoms with E-state index in [2.05, 4.69) is 32.4 Å². The minimum absolute atomic E-state index is 0.620. The van der Waals surface area contributed by atoms with Crippen molar-refractivity contribution in [2.75, 3.05) is 21.1 Å². The highest BCUT2D eigenvalue weighted by Gasteiger charge is 2.16. The Labute approximate surface area is 120 Å². The van der Waals surface area contributed by atoms with Crippen molar-refractivity contribution in [2.24, 2.45) is 5.16 Å². The van der Waals surface area contributed by atoms with E-state index >= 15 is 0 Å². The van der Waals surface area contributed by atoms with E-state index in [0.29, 0.717) is 5.71 Å². The molecule has 0 amide bonds. The summed E-state index contributed by atoms with van der Waals surface area (Å²) >= 11 is 0. The highest BCUT2D eigenvalue weighted by Crippen LogP contribution is 2.18. The van der Waals surface area contributed by atoms with E-state index in [1.165, 1.54) is 5.56 Å². The quantitative estimate of drug-likeness (QED) is 0.393. The van der Waals surface area contributed by atoms with Crippen LogP contribution in [0.4, 0.5) is 0 Å². The summed E-state index contributed by atoms with van der Waals surface area (Å²) in [6.45, 7) is 0.877. The average molecular weight is 269 g/mol. The Morgan fingerprint density at radius 3 is 2.15 bits per heavy atom. The van der Waals surface area contributed by atoms with Gasteiger partial charge < -0.3 is 9.69 Å². The molecular formula is C17H21N2O+. The molecule has 0 saturated heterocycles. The Bertz CT molecular complexity index is 598. The zero-order valence-corrected chi connectivity index (χ0v) is 12.2. The van der Waals surface area contributed by atoms with Crippen molar-refractivity contribution in [1.29, 1.82) is 0 Å². The largest absolute Gasteiger partial charge is 0.410 e. The van der Waals surface area contributed by atoms with Crippen LogP contribution < -0.4 is 0 Å². The maximum Gasteiger partial charge on any atom is 0.117 e. The highest BCUT2D eigenvalue weighted by atomic mass is 16.4. The second-order valence-electron chi connectivity index (χ2n) is 5.92. The summed E-state index contributed by atoms with van der Waals surface area (Å²) in [6, 6.07) is 17.9. The molecule has 0 saturated carbocycles. The number of rotatable bonds is 4. The molecule has 0 bridgehead atoms. The van der Waals surface area contributed by atoms with E-state index in [1.807, 2.05) is 48.5 Å². The highest BCUT2D eigenvalue weighted by molar-refractivity contribution is 6.13. The van der Waals surface area contributed by atoms with E-state index in [9.17, 15) is 5.21 Å². The molecule has 0 atom stereocenters. The third kappa shape index (κ3) is 3.45. The van der Waals surface area contributed by atoms with Gasteiger partial charge in [-0.15, -0.1) is 0 Å². The van der Waals surface area contributed by atoms with Gasteiger partial charge in [-0.05, 0) is 0 Å². The van der Waals surface area contributed by atoms with Gasteiger partial charge in [0.15, 0.2) is 0 Å². The van der Waals surface area contributed by atoms with Gasteiger partial charge in [-0.2, -0.15) is 0 Å². The Morgan fingerprint density at radius 2 is 1.55 bits per heavy atom. The van der Waals surface area contributed by atoms with Crippen LogP contribution in [0.25, 0.3) is 0 Å². The molecule has 0 aliphatic rings. The second kappa shape index (κ2) is 5.88. The molecule has 2 aromatic carbocycles. The fourth-order valence-corrected chi connectivity index (χ4v) is 2.26. The summed E-state index contributed by atoms with van der Waals surface area (Å²) in [5.41, 5.74) is 3.70. The third-order valence-electron chi connectivity index (χ3n) is 3.06. The van der Waals surface area contributed by atoms with E-state index in [0.717, 1.165) is 22.2 Å². The third-order valence-corrected chi connectivity index (χ3v) is 3.06. The van der Waals surface area contributed by atoms with Crippen molar-refractivity contribution >= 4 is 5.71 Å². The first-order valence-corrected chi connectivity index (χ1v) is 6.67. The van der Waals surface area contributed by atoms with Crippen molar-refractivity contribution in [3.63, 3.8) is 0 Å². The molecular weight excluding hydrogens is 248 g/mol. The molecule has 0 radical (unpaired) electrons. The monoisotopic (exact) mass is 269 g/mol.